The van der Waals surface area contributed by atoms with E-state index >= 15 is 0 Å². The quantitative estimate of drug-likeness (QED) is 0.740. The number of benzene rings is 1. The van der Waals surface area contributed by atoms with Crippen LogP contribution in [0.3, 0.4) is 0 Å². The van der Waals surface area contributed by atoms with Gasteiger partial charge in [0.15, 0.2) is 0 Å². The molecule has 2 N–H and O–H groups in total. The molecular weight excluding hydrogens is 238 g/mol. The second-order valence-corrected chi connectivity index (χ2v) is 4.98. The van der Waals surface area contributed by atoms with Crippen molar-refractivity contribution < 1.29 is 9.84 Å². The van der Waals surface area contributed by atoms with Gasteiger partial charge in [-0.2, -0.15) is 0 Å². The van der Waals surface area contributed by atoms with Crippen molar-refractivity contribution in [2.45, 2.75) is 32.9 Å². The van der Waals surface area contributed by atoms with E-state index in [2.05, 4.69) is 32.0 Å². The van der Waals surface area contributed by atoms with Gasteiger partial charge in [0, 0.05) is 12.1 Å². The number of hydrogen-bond donors (Lipinski definition) is 2. The minimum atomic E-state index is 0.104. The lowest BCUT2D eigenvalue weighted by Crippen LogP contribution is -2.38. The van der Waals surface area contributed by atoms with Crippen molar-refractivity contribution in [1.29, 1.82) is 0 Å². The van der Waals surface area contributed by atoms with Crippen LogP contribution in [0.4, 0.5) is 0 Å². The molecule has 0 fully saturated rings. The smallest absolute Gasteiger partial charge is 0.148 e. The number of nitrogens with one attached hydrogen (secondary N) is 1. The minimum absolute atomic E-state index is 0.104. The average Bonchev–Trinajstić information content (AvgIpc) is 2.42. The fourth-order valence-corrected chi connectivity index (χ4v) is 1.85. The largest absolute Gasteiger partial charge is 0.481 e. The molecule has 1 rings (SSSR count). The summed E-state index contributed by atoms with van der Waals surface area (Å²) < 4.78 is 5.33. The van der Waals surface area contributed by atoms with Gasteiger partial charge in [-0.05, 0) is 30.5 Å². The first-order valence-electron chi connectivity index (χ1n) is 6.61. The predicted molar refractivity (Wildman–Crippen MR) is 78.0 cm³/mol. The fraction of sp³-hybridized carbons (Fsp3) is 0.500. The van der Waals surface area contributed by atoms with E-state index in [-0.39, 0.29) is 25.3 Å². The Kier molecular flexibility index (Phi) is 6.41. The first-order valence-corrected chi connectivity index (χ1v) is 6.61. The van der Waals surface area contributed by atoms with Gasteiger partial charge in [0.05, 0.1) is 6.61 Å². The first-order chi connectivity index (χ1) is 9.08. The Morgan fingerprint density at radius 3 is 2.37 bits per heavy atom. The molecule has 0 heterocycles. The highest BCUT2D eigenvalue weighted by Gasteiger charge is 2.15. The number of rotatable bonds is 7. The zero-order valence-corrected chi connectivity index (χ0v) is 11.9. The Bertz CT molecular complexity index is 406. The van der Waals surface area contributed by atoms with E-state index in [1.807, 2.05) is 24.3 Å². The molecule has 3 nitrogen and oxygen atoms in total. The maximum Gasteiger partial charge on any atom is 0.148 e. The zero-order valence-electron chi connectivity index (χ0n) is 11.9. The summed E-state index contributed by atoms with van der Waals surface area (Å²) >= 11 is 0. The standard InChI is InChI=1S/C16H23NO2/c1-5-10-19-15-8-6-14(7-9-15)13(4)17-16(11-18)12(2)3/h1,6-9,12-13,16-18H,10-11H2,2-4H3/t13-,16-/m1/s1. The molecule has 3 heteroatoms. The van der Waals surface area contributed by atoms with Crippen LogP contribution in [0.15, 0.2) is 24.3 Å². The molecule has 0 bridgehead atoms. The predicted octanol–water partition coefficient (Wildman–Crippen LogP) is 2.37. The highest BCUT2D eigenvalue weighted by molar-refractivity contribution is 5.29. The molecule has 104 valence electrons. The van der Waals surface area contributed by atoms with Gasteiger partial charge in [-0.1, -0.05) is 31.9 Å². The molecule has 19 heavy (non-hydrogen) atoms. The van der Waals surface area contributed by atoms with Crippen molar-refractivity contribution in [3.63, 3.8) is 0 Å². The summed E-state index contributed by atoms with van der Waals surface area (Å²) in [5, 5.41) is 12.8. The Morgan fingerprint density at radius 1 is 1.26 bits per heavy atom. The Hall–Kier alpha value is -1.50. The molecule has 0 unspecified atom stereocenters. The van der Waals surface area contributed by atoms with Crippen LogP contribution in [0.25, 0.3) is 0 Å². The monoisotopic (exact) mass is 261 g/mol. The molecule has 2 atom stereocenters. The summed E-state index contributed by atoms with van der Waals surface area (Å²) in [7, 11) is 0. The lowest BCUT2D eigenvalue weighted by atomic mass is 10.0. The van der Waals surface area contributed by atoms with E-state index in [0.29, 0.717) is 5.92 Å². The van der Waals surface area contributed by atoms with Crippen LogP contribution in [0.1, 0.15) is 32.4 Å². The summed E-state index contributed by atoms with van der Waals surface area (Å²) in [6.07, 6.45) is 5.14. The van der Waals surface area contributed by atoms with E-state index in [4.69, 9.17) is 11.2 Å². The third kappa shape index (κ3) is 4.94. The van der Waals surface area contributed by atoms with Gasteiger partial charge in [0.2, 0.25) is 0 Å². The molecule has 0 spiro atoms. The topological polar surface area (TPSA) is 41.5 Å². The Labute approximate surface area is 116 Å². The van der Waals surface area contributed by atoms with Gasteiger partial charge in [0.25, 0.3) is 0 Å². The normalized spacial score (nSPS) is 13.9. The average molecular weight is 261 g/mol. The van der Waals surface area contributed by atoms with E-state index in [0.717, 1.165) is 11.3 Å². The Morgan fingerprint density at radius 2 is 1.89 bits per heavy atom. The van der Waals surface area contributed by atoms with Gasteiger partial charge >= 0.3 is 0 Å². The minimum Gasteiger partial charge on any atom is -0.481 e. The van der Waals surface area contributed by atoms with Crippen LogP contribution in [0.5, 0.6) is 5.75 Å². The van der Waals surface area contributed by atoms with Gasteiger partial charge < -0.3 is 15.2 Å². The summed E-state index contributed by atoms with van der Waals surface area (Å²) in [6, 6.07) is 8.13. The van der Waals surface area contributed by atoms with Gasteiger partial charge in [-0.25, -0.2) is 0 Å². The van der Waals surface area contributed by atoms with Gasteiger partial charge in [-0.15, -0.1) is 6.42 Å². The molecule has 0 saturated heterocycles. The summed E-state index contributed by atoms with van der Waals surface area (Å²) in [4.78, 5) is 0. The van der Waals surface area contributed by atoms with E-state index < -0.39 is 0 Å². The van der Waals surface area contributed by atoms with Crippen molar-refractivity contribution in [1.82, 2.24) is 5.32 Å². The molecule has 0 saturated carbocycles. The van der Waals surface area contributed by atoms with Crippen molar-refractivity contribution in [3.8, 4) is 18.1 Å². The third-order valence-electron chi connectivity index (χ3n) is 3.17. The first kappa shape index (κ1) is 15.6. The van der Waals surface area contributed by atoms with Crippen molar-refractivity contribution >= 4 is 0 Å². The van der Waals surface area contributed by atoms with Crippen molar-refractivity contribution in [3.05, 3.63) is 29.8 Å². The summed E-state index contributed by atoms with van der Waals surface area (Å²) in [5.41, 5.74) is 1.16. The molecular formula is C16H23NO2. The molecule has 0 aliphatic heterocycles. The fourth-order valence-electron chi connectivity index (χ4n) is 1.85. The van der Waals surface area contributed by atoms with Crippen LogP contribution >= 0.6 is 0 Å². The molecule has 1 aromatic carbocycles. The second kappa shape index (κ2) is 7.83. The van der Waals surface area contributed by atoms with Crippen LogP contribution < -0.4 is 10.1 Å². The lowest BCUT2D eigenvalue weighted by Gasteiger charge is -2.25. The molecule has 0 aliphatic carbocycles. The maximum atomic E-state index is 9.33. The SMILES string of the molecule is C#CCOc1ccc([C@@H](C)N[C@H](CO)C(C)C)cc1. The maximum absolute atomic E-state index is 9.33. The molecule has 0 radical (unpaired) electrons. The van der Waals surface area contributed by atoms with Crippen LogP contribution in [0.2, 0.25) is 0 Å². The highest BCUT2D eigenvalue weighted by atomic mass is 16.5. The number of terminal acetylenes is 1. The second-order valence-electron chi connectivity index (χ2n) is 4.98. The zero-order chi connectivity index (χ0) is 14.3. The van der Waals surface area contributed by atoms with Crippen molar-refractivity contribution in [2.75, 3.05) is 13.2 Å². The molecule has 0 amide bonds. The number of hydrogen-bond acceptors (Lipinski definition) is 3. The third-order valence-corrected chi connectivity index (χ3v) is 3.17. The van der Waals surface area contributed by atoms with Gasteiger partial charge in [0.1, 0.15) is 12.4 Å². The number of aliphatic hydroxyl groups excluding tert-OH is 1. The number of aliphatic hydroxyl groups is 1. The van der Waals surface area contributed by atoms with Crippen molar-refractivity contribution in [2.24, 2.45) is 5.92 Å². The van der Waals surface area contributed by atoms with Crippen LogP contribution in [0, 0.1) is 18.3 Å². The highest BCUT2D eigenvalue weighted by Crippen LogP contribution is 2.19. The van der Waals surface area contributed by atoms with Crippen LogP contribution in [-0.2, 0) is 0 Å². The van der Waals surface area contributed by atoms with E-state index in [9.17, 15) is 5.11 Å². The molecule has 1 aromatic rings. The Balaban J connectivity index is 2.62. The number of ether oxygens (including phenoxy) is 1. The van der Waals surface area contributed by atoms with E-state index in [1.165, 1.54) is 0 Å². The summed E-state index contributed by atoms with van der Waals surface area (Å²) in [5.74, 6) is 3.61. The van der Waals surface area contributed by atoms with E-state index in [1.54, 1.807) is 0 Å². The summed E-state index contributed by atoms with van der Waals surface area (Å²) in [6.45, 7) is 6.70. The van der Waals surface area contributed by atoms with Gasteiger partial charge in [-0.3, -0.25) is 0 Å². The molecule has 0 aromatic heterocycles. The lowest BCUT2D eigenvalue weighted by molar-refractivity contribution is 0.201. The molecule has 0 aliphatic rings. The van der Waals surface area contributed by atoms with Crippen LogP contribution in [-0.4, -0.2) is 24.4 Å².